The summed E-state index contributed by atoms with van der Waals surface area (Å²) in [5.74, 6) is -2.74. The van der Waals surface area contributed by atoms with Crippen LogP contribution in [0.3, 0.4) is 0 Å². The van der Waals surface area contributed by atoms with E-state index in [0.717, 1.165) is 0 Å². The first-order valence-electron chi connectivity index (χ1n) is 10.9. The molecule has 8 N–H and O–H groups in total. The van der Waals surface area contributed by atoms with Gasteiger partial charge >= 0.3 is 11.9 Å². The van der Waals surface area contributed by atoms with Crippen molar-refractivity contribution in [1.82, 2.24) is 9.97 Å². The van der Waals surface area contributed by atoms with Gasteiger partial charge in [0.1, 0.15) is 28.4 Å². The van der Waals surface area contributed by atoms with Gasteiger partial charge in [0.2, 0.25) is 5.95 Å². The Bertz CT molecular complexity index is 1550. The van der Waals surface area contributed by atoms with Gasteiger partial charge in [0.15, 0.2) is 0 Å². The van der Waals surface area contributed by atoms with Crippen LogP contribution < -0.4 is 11.5 Å². The van der Waals surface area contributed by atoms with Crippen molar-refractivity contribution in [3.63, 3.8) is 0 Å². The predicted octanol–water partition coefficient (Wildman–Crippen LogP) is 4.03. The number of aromatic nitrogens is 2. The second kappa shape index (κ2) is 10.1. The van der Waals surface area contributed by atoms with Crippen LogP contribution in [-0.4, -0.2) is 42.3 Å². The summed E-state index contributed by atoms with van der Waals surface area (Å²) in [6.45, 7) is 0. The molecule has 1 heterocycles. The van der Waals surface area contributed by atoms with Crippen LogP contribution in [-0.2, 0) is 6.42 Å². The van der Waals surface area contributed by atoms with E-state index in [4.69, 9.17) is 11.5 Å². The molecule has 0 saturated heterocycles. The van der Waals surface area contributed by atoms with Crippen molar-refractivity contribution in [2.45, 2.75) is 6.42 Å². The number of carbonyl (C=O) groups is 2. The molecule has 0 amide bonds. The number of anilines is 2. The standard InChI is InChI=1S/C23H16O6.C4H6N4/c24-20-16(14-7-3-1-5-12(14)9-18(20)22(26)27)11-17-15-8-4-2-6-13(15)10-19(21(17)25)23(28)29;5-3-1-2-7-4(6)8-3/h1-10,24-25H,11H2,(H,26,27)(H,28,29);1-2H,(H4,5,6,7,8). The van der Waals surface area contributed by atoms with Crippen LogP contribution >= 0.6 is 0 Å². The van der Waals surface area contributed by atoms with E-state index in [1.807, 2.05) is 0 Å². The number of carboxylic acids is 2. The SMILES string of the molecule is Nc1ccnc(N)n1.O=C(O)c1cc2ccccc2c(Cc2c(O)c(C(=O)O)cc3ccccc23)c1O. The number of nitrogen functional groups attached to an aromatic ring is 2. The molecule has 0 atom stereocenters. The van der Waals surface area contributed by atoms with E-state index in [1.165, 1.54) is 18.3 Å². The largest absolute Gasteiger partial charge is 0.507 e. The lowest BCUT2D eigenvalue weighted by Crippen LogP contribution is -2.04. The van der Waals surface area contributed by atoms with E-state index in [1.54, 1.807) is 54.6 Å². The highest BCUT2D eigenvalue weighted by Crippen LogP contribution is 2.38. The molecule has 10 heteroatoms. The minimum atomic E-state index is -1.28. The van der Waals surface area contributed by atoms with Crippen molar-refractivity contribution in [2.75, 3.05) is 11.5 Å². The Morgan fingerprint density at radius 1 is 0.730 bits per heavy atom. The van der Waals surface area contributed by atoms with Crippen LogP contribution in [0.25, 0.3) is 21.5 Å². The zero-order chi connectivity index (χ0) is 26.7. The molecule has 0 unspecified atom stereocenters. The van der Waals surface area contributed by atoms with Gasteiger partial charge in [0.05, 0.1) is 0 Å². The lowest BCUT2D eigenvalue weighted by atomic mass is 9.90. The fourth-order valence-corrected chi connectivity index (χ4v) is 4.07. The number of aromatic carboxylic acids is 2. The van der Waals surface area contributed by atoms with Gasteiger partial charge < -0.3 is 31.9 Å². The number of rotatable bonds is 4. The van der Waals surface area contributed by atoms with Gasteiger partial charge in [-0.15, -0.1) is 0 Å². The van der Waals surface area contributed by atoms with E-state index in [-0.39, 0.29) is 23.5 Å². The van der Waals surface area contributed by atoms with Crippen LogP contribution in [0.4, 0.5) is 11.8 Å². The Morgan fingerprint density at radius 3 is 1.57 bits per heavy atom. The fraction of sp³-hybridized carbons (Fsp3) is 0.0370. The summed E-state index contributed by atoms with van der Waals surface area (Å²) in [4.78, 5) is 30.5. The highest BCUT2D eigenvalue weighted by molar-refractivity contribution is 6.02. The van der Waals surface area contributed by atoms with Crippen LogP contribution in [0.2, 0.25) is 0 Å². The van der Waals surface area contributed by atoms with Crippen LogP contribution in [0.15, 0.2) is 72.9 Å². The van der Waals surface area contributed by atoms with Gasteiger partial charge in [-0.1, -0.05) is 48.5 Å². The monoisotopic (exact) mass is 498 g/mol. The number of aromatic hydroxyl groups is 2. The minimum absolute atomic E-state index is 0.0407. The fourth-order valence-electron chi connectivity index (χ4n) is 4.07. The Balaban J connectivity index is 0.000000342. The quantitative estimate of drug-likeness (QED) is 0.211. The first-order valence-corrected chi connectivity index (χ1v) is 10.9. The Kier molecular flexibility index (Phi) is 6.74. The zero-order valence-corrected chi connectivity index (χ0v) is 19.3. The van der Waals surface area contributed by atoms with Crippen molar-refractivity contribution in [3.05, 3.63) is 95.2 Å². The highest BCUT2D eigenvalue weighted by Gasteiger charge is 2.22. The summed E-state index contributed by atoms with van der Waals surface area (Å²) in [7, 11) is 0. The number of nitrogens with zero attached hydrogens (tertiary/aromatic N) is 2. The second-order valence-electron chi connectivity index (χ2n) is 8.07. The average molecular weight is 498 g/mol. The normalized spacial score (nSPS) is 10.6. The predicted molar refractivity (Wildman–Crippen MR) is 139 cm³/mol. The van der Waals surface area contributed by atoms with Gasteiger partial charge in [-0.2, -0.15) is 4.98 Å². The summed E-state index contributed by atoms with van der Waals surface area (Å²) in [6, 6.07) is 18.4. The number of benzene rings is 4. The summed E-state index contributed by atoms with van der Waals surface area (Å²) >= 11 is 0. The van der Waals surface area contributed by atoms with Gasteiger partial charge in [-0.05, 0) is 39.7 Å². The zero-order valence-electron chi connectivity index (χ0n) is 19.3. The van der Waals surface area contributed by atoms with E-state index < -0.39 is 23.4 Å². The smallest absolute Gasteiger partial charge is 0.339 e. The van der Waals surface area contributed by atoms with E-state index in [9.17, 15) is 30.0 Å². The molecule has 5 aromatic rings. The molecule has 0 aliphatic carbocycles. The Hall–Kier alpha value is -5.38. The number of fused-ring (bicyclic) bond motifs is 2. The van der Waals surface area contributed by atoms with Crippen molar-refractivity contribution in [1.29, 1.82) is 0 Å². The van der Waals surface area contributed by atoms with E-state index >= 15 is 0 Å². The number of hydrogen-bond acceptors (Lipinski definition) is 8. The van der Waals surface area contributed by atoms with Gasteiger partial charge in [-0.25, -0.2) is 14.6 Å². The molecule has 4 aromatic carbocycles. The third-order valence-corrected chi connectivity index (χ3v) is 5.76. The molecule has 0 saturated carbocycles. The summed E-state index contributed by atoms with van der Waals surface area (Å²) < 4.78 is 0. The molecule has 5 rings (SSSR count). The molecule has 1 aromatic heterocycles. The molecule has 186 valence electrons. The van der Waals surface area contributed by atoms with Gasteiger partial charge in [-0.3, -0.25) is 0 Å². The van der Waals surface area contributed by atoms with Crippen molar-refractivity contribution < 1.29 is 30.0 Å². The minimum Gasteiger partial charge on any atom is -0.507 e. The number of phenols is 2. The summed E-state index contributed by atoms with van der Waals surface area (Å²) in [5, 5.41) is 42.8. The maximum Gasteiger partial charge on any atom is 0.339 e. The van der Waals surface area contributed by atoms with Gasteiger partial charge in [0.25, 0.3) is 0 Å². The molecule has 0 aliphatic rings. The summed E-state index contributed by atoms with van der Waals surface area (Å²) in [5.41, 5.74) is 10.5. The molecule has 37 heavy (non-hydrogen) atoms. The number of nitrogens with two attached hydrogens (primary N) is 2. The molecule has 0 aliphatic heterocycles. The molecule has 10 nitrogen and oxygen atoms in total. The molecular weight excluding hydrogens is 476 g/mol. The topological polar surface area (TPSA) is 193 Å². The van der Waals surface area contributed by atoms with Crippen molar-refractivity contribution in [3.8, 4) is 11.5 Å². The second-order valence-corrected chi connectivity index (χ2v) is 8.07. The Morgan fingerprint density at radius 2 is 1.19 bits per heavy atom. The number of carboxylic acid groups (broad SMARTS) is 2. The lowest BCUT2D eigenvalue weighted by Gasteiger charge is -2.16. The van der Waals surface area contributed by atoms with Crippen molar-refractivity contribution in [2.24, 2.45) is 0 Å². The van der Waals surface area contributed by atoms with Crippen LogP contribution in [0.1, 0.15) is 31.8 Å². The third kappa shape index (κ3) is 5.03. The first kappa shape index (κ1) is 24.7. The molecule has 0 spiro atoms. The molecular formula is C27H22N4O6. The van der Waals surface area contributed by atoms with Crippen LogP contribution in [0, 0.1) is 0 Å². The maximum atomic E-state index is 11.6. The maximum absolute atomic E-state index is 11.6. The number of hydrogen-bond donors (Lipinski definition) is 6. The first-order chi connectivity index (χ1) is 17.7. The highest BCUT2D eigenvalue weighted by atomic mass is 16.4. The molecule has 0 bridgehead atoms. The summed E-state index contributed by atoms with van der Waals surface area (Å²) in [6.07, 6.45) is 1.47. The Labute approximate surface area is 210 Å². The molecule has 0 fully saturated rings. The van der Waals surface area contributed by atoms with Crippen LogP contribution in [0.5, 0.6) is 11.5 Å². The lowest BCUT2D eigenvalue weighted by molar-refractivity contribution is 0.0682. The van der Waals surface area contributed by atoms with E-state index in [2.05, 4.69) is 9.97 Å². The molecule has 0 radical (unpaired) electrons. The van der Waals surface area contributed by atoms with Crippen molar-refractivity contribution >= 4 is 45.2 Å². The third-order valence-electron chi connectivity index (χ3n) is 5.76. The van der Waals surface area contributed by atoms with Gasteiger partial charge in [0, 0.05) is 23.7 Å². The van der Waals surface area contributed by atoms with E-state index in [0.29, 0.717) is 38.5 Å². The average Bonchev–Trinajstić information content (AvgIpc) is 2.86.